The Hall–Kier alpha value is -4.99. The van der Waals surface area contributed by atoms with Gasteiger partial charge in [-0.25, -0.2) is 4.98 Å². The quantitative estimate of drug-likeness (QED) is 0.167. The molecule has 1 saturated heterocycles. The van der Waals surface area contributed by atoms with Gasteiger partial charge in [-0.15, -0.1) is 0 Å². The summed E-state index contributed by atoms with van der Waals surface area (Å²) in [5.74, 6) is -0.332. The lowest BCUT2D eigenvalue weighted by molar-refractivity contribution is -0.253. The lowest BCUT2D eigenvalue weighted by atomic mass is 9.98. The predicted octanol–water partition coefficient (Wildman–Crippen LogP) is 7.77. The molecule has 2 heterocycles. The first-order valence-electron chi connectivity index (χ1n) is 16.3. The molecule has 8 nitrogen and oxygen atoms in total. The molecule has 8 heteroatoms. The monoisotopic (exact) mass is 638 g/mol. The number of para-hydroxylation sites is 2. The third-order valence-corrected chi connectivity index (χ3v) is 9.15. The summed E-state index contributed by atoms with van der Waals surface area (Å²) in [4.78, 5) is 24.1. The van der Waals surface area contributed by atoms with Gasteiger partial charge in [0.25, 0.3) is 5.91 Å². The van der Waals surface area contributed by atoms with Crippen LogP contribution < -0.4 is 5.32 Å². The number of carbonyl (C=O) groups is 1. The highest BCUT2D eigenvalue weighted by atomic mass is 16.7. The highest BCUT2D eigenvalue weighted by molar-refractivity contribution is 6.03. The summed E-state index contributed by atoms with van der Waals surface area (Å²) >= 11 is 0. The molecule has 0 spiro atoms. The summed E-state index contributed by atoms with van der Waals surface area (Å²) < 4.78 is 13.2. The molecule has 6 aromatic rings. The zero-order valence-corrected chi connectivity index (χ0v) is 27.0. The first-order chi connectivity index (χ1) is 23.4. The van der Waals surface area contributed by atoms with E-state index in [2.05, 4.69) is 76.6 Å². The molecule has 4 atom stereocenters. The van der Waals surface area contributed by atoms with E-state index < -0.39 is 6.29 Å². The van der Waals surface area contributed by atoms with Crippen LogP contribution in [0.5, 0.6) is 0 Å². The maximum atomic E-state index is 13.0. The van der Waals surface area contributed by atoms with E-state index in [-0.39, 0.29) is 36.5 Å². The molecule has 5 aromatic carbocycles. The van der Waals surface area contributed by atoms with Crippen molar-refractivity contribution in [2.75, 3.05) is 18.9 Å². The van der Waals surface area contributed by atoms with Gasteiger partial charge in [-0.1, -0.05) is 84.9 Å². The van der Waals surface area contributed by atoms with Crippen molar-refractivity contribution in [3.8, 4) is 0 Å². The van der Waals surface area contributed by atoms with E-state index in [0.29, 0.717) is 24.2 Å². The number of aliphatic hydroxyl groups excluding tert-OH is 1. The van der Waals surface area contributed by atoms with Crippen LogP contribution in [-0.4, -0.2) is 45.6 Å². The first kappa shape index (κ1) is 31.6. The second kappa shape index (κ2) is 14.0. The Morgan fingerprint density at radius 3 is 2.35 bits per heavy atom. The molecule has 0 saturated carbocycles. The molecule has 1 aromatic heterocycles. The number of carbonyl (C=O) groups excluding carboxylic acids is 1. The number of nitrogens with one attached hydrogen (secondary N) is 1. The van der Waals surface area contributed by atoms with E-state index in [0.717, 1.165) is 22.2 Å². The van der Waals surface area contributed by atoms with Crippen molar-refractivity contribution < 1.29 is 19.4 Å². The van der Waals surface area contributed by atoms with Crippen LogP contribution in [0.2, 0.25) is 0 Å². The molecule has 1 aliphatic rings. The van der Waals surface area contributed by atoms with E-state index in [1.807, 2.05) is 72.8 Å². The highest BCUT2D eigenvalue weighted by Crippen LogP contribution is 2.39. The van der Waals surface area contributed by atoms with E-state index in [1.165, 1.54) is 22.5 Å². The Bertz CT molecular complexity index is 2030. The Balaban J connectivity index is 1.08. The number of rotatable bonds is 9. The number of hydrogen-bond donors (Lipinski definition) is 2. The number of hydrogen-bond acceptors (Lipinski definition) is 7. The smallest absolute Gasteiger partial charge is 0.275 e. The summed E-state index contributed by atoms with van der Waals surface area (Å²) in [5.41, 5.74) is 6.28. The van der Waals surface area contributed by atoms with Gasteiger partial charge in [0.2, 0.25) is 0 Å². The minimum atomic E-state index is -0.605. The molecular formula is C40H38N4O4. The predicted molar refractivity (Wildman–Crippen MR) is 187 cm³/mol. The second-order valence-electron chi connectivity index (χ2n) is 12.4. The summed E-state index contributed by atoms with van der Waals surface area (Å²) in [6.07, 6.45) is 1.26. The Morgan fingerprint density at radius 2 is 1.58 bits per heavy atom. The van der Waals surface area contributed by atoms with Crippen molar-refractivity contribution in [2.24, 2.45) is 0 Å². The molecule has 48 heavy (non-hydrogen) atoms. The second-order valence-corrected chi connectivity index (χ2v) is 12.4. The average Bonchev–Trinajstić information content (AvgIpc) is 3.14. The third kappa shape index (κ3) is 6.98. The van der Waals surface area contributed by atoms with Crippen LogP contribution in [0.1, 0.15) is 64.5 Å². The summed E-state index contributed by atoms with van der Waals surface area (Å²) in [7, 11) is 2.14. The summed E-state index contributed by atoms with van der Waals surface area (Å²) in [5, 5.41) is 15.0. The van der Waals surface area contributed by atoms with E-state index in [1.54, 1.807) is 0 Å². The van der Waals surface area contributed by atoms with Crippen molar-refractivity contribution in [3.63, 3.8) is 0 Å². The number of aliphatic hydroxyl groups is 1. The molecule has 7 rings (SSSR count). The molecule has 0 aliphatic carbocycles. The SMILES string of the molecule is C[C@H](c1ccc2ccccc2c1)N(C)C[C@@H]1C[C@H](c2ccc(CO)cc2)O[C@H](c2ccc(NC(=O)c3cnc4ccccc4n3)cc2)O1. The van der Waals surface area contributed by atoms with Gasteiger partial charge in [-0.3, -0.25) is 14.7 Å². The molecule has 1 aliphatic heterocycles. The largest absolute Gasteiger partial charge is 0.392 e. The zero-order valence-electron chi connectivity index (χ0n) is 27.0. The van der Waals surface area contributed by atoms with Crippen molar-refractivity contribution in [1.82, 2.24) is 14.9 Å². The number of likely N-dealkylation sites (N-methyl/N-ethyl adjacent to an activating group) is 1. The first-order valence-corrected chi connectivity index (χ1v) is 16.3. The van der Waals surface area contributed by atoms with Gasteiger partial charge in [-0.05, 0) is 71.8 Å². The minimum absolute atomic E-state index is 0.00601. The van der Waals surface area contributed by atoms with Crippen LogP contribution in [0.4, 0.5) is 5.69 Å². The van der Waals surface area contributed by atoms with Gasteiger partial charge in [0.15, 0.2) is 6.29 Å². The minimum Gasteiger partial charge on any atom is -0.392 e. The van der Waals surface area contributed by atoms with E-state index in [4.69, 9.17) is 9.47 Å². The zero-order chi connectivity index (χ0) is 33.0. The number of nitrogens with zero attached hydrogens (tertiary/aromatic N) is 3. The van der Waals surface area contributed by atoms with Crippen LogP contribution in [0, 0.1) is 0 Å². The van der Waals surface area contributed by atoms with Crippen molar-refractivity contribution >= 4 is 33.4 Å². The lowest BCUT2D eigenvalue weighted by Gasteiger charge is -2.39. The van der Waals surface area contributed by atoms with Crippen LogP contribution in [0.15, 0.2) is 121 Å². The summed E-state index contributed by atoms with van der Waals surface area (Å²) in [6.45, 7) is 2.93. The van der Waals surface area contributed by atoms with Crippen LogP contribution in [0.25, 0.3) is 21.8 Å². The van der Waals surface area contributed by atoms with Crippen LogP contribution in [0.3, 0.4) is 0 Å². The van der Waals surface area contributed by atoms with E-state index >= 15 is 0 Å². The number of aromatic nitrogens is 2. The molecule has 2 N–H and O–H groups in total. The van der Waals surface area contributed by atoms with Crippen molar-refractivity contribution in [1.29, 1.82) is 0 Å². The fraction of sp³-hybridized carbons (Fsp3) is 0.225. The average molecular weight is 639 g/mol. The number of amides is 1. The van der Waals surface area contributed by atoms with Gasteiger partial charge in [-0.2, -0.15) is 0 Å². The Kier molecular flexibility index (Phi) is 9.22. The fourth-order valence-electron chi connectivity index (χ4n) is 6.22. The third-order valence-electron chi connectivity index (χ3n) is 9.15. The fourth-order valence-corrected chi connectivity index (χ4v) is 6.22. The standard InChI is InChI=1S/C40H38N4O4/c1-26(31-16-15-28-7-3-4-8-32(28)21-31)44(2)24-34-22-38(29-13-11-27(25-45)12-14-29)48-40(47-34)30-17-19-33(20-18-30)42-39(46)37-23-41-35-9-5-6-10-36(35)43-37/h3-21,23,26,34,38,40,45H,22,24-25H2,1-2H3,(H,42,46)/t26-,34+,38-,40-/m1/s1. The number of fused-ring (bicyclic) bond motifs is 2. The molecule has 1 amide bonds. The Morgan fingerprint density at radius 1 is 0.875 bits per heavy atom. The maximum absolute atomic E-state index is 13.0. The highest BCUT2D eigenvalue weighted by Gasteiger charge is 2.33. The number of benzene rings is 5. The van der Waals surface area contributed by atoms with Crippen molar-refractivity contribution in [3.05, 3.63) is 149 Å². The number of ether oxygens (including phenoxy) is 2. The molecule has 0 bridgehead atoms. The molecular weight excluding hydrogens is 600 g/mol. The number of anilines is 1. The normalized spacial score (nSPS) is 18.6. The van der Waals surface area contributed by atoms with Gasteiger partial charge in [0.1, 0.15) is 5.69 Å². The molecule has 0 radical (unpaired) electrons. The summed E-state index contributed by atoms with van der Waals surface area (Å²) in [6, 6.07) is 38.1. The Labute approximate surface area is 280 Å². The molecule has 242 valence electrons. The van der Waals surface area contributed by atoms with Crippen molar-refractivity contribution in [2.45, 2.75) is 44.5 Å². The van der Waals surface area contributed by atoms with E-state index in [9.17, 15) is 9.90 Å². The molecule has 1 fully saturated rings. The van der Waals surface area contributed by atoms with Gasteiger partial charge >= 0.3 is 0 Å². The maximum Gasteiger partial charge on any atom is 0.275 e. The topological polar surface area (TPSA) is 96.8 Å². The van der Waals surface area contributed by atoms with Gasteiger partial charge in [0.05, 0.1) is 36.0 Å². The van der Waals surface area contributed by atoms with Gasteiger partial charge in [0, 0.05) is 30.3 Å². The lowest BCUT2D eigenvalue weighted by Crippen LogP contribution is -2.38. The van der Waals surface area contributed by atoms with Crippen LogP contribution in [-0.2, 0) is 16.1 Å². The van der Waals surface area contributed by atoms with Gasteiger partial charge < -0.3 is 19.9 Å². The van der Waals surface area contributed by atoms with Crippen LogP contribution >= 0.6 is 0 Å². The molecule has 0 unspecified atom stereocenters.